The molecule has 4 nitrogen and oxygen atoms in total. The lowest BCUT2D eigenvalue weighted by atomic mass is 10.1. The quantitative estimate of drug-likeness (QED) is 0.700. The molecule has 0 radical (unpaired) electrons. The summed E-state index contributed by atoms with van der Waals surface area (Å²) in [7, 11) is 0. The second kappa shape index (κ2) is 4.02. The molecule has 1 aromatic rings. The molecule has 2 heterocycles. The van der Waals surface area contributed by atoms with Crippen molar-refractivity contribution in [2.45, 2.75) is 39.3 Å². The molecule has 1 aliphatic heterocycles. The maximum Gasteiger partial charge on any atom is 0.270 e. The monoisotopic (exact) mass is 231 g/mol. The van der Waals surface area contributed by atoms with E-state index in [1.807, 2.05) is 20.8 Å². The van der Waals surface area contributed by atoms with Gasteiger partial charge in [0.05, 0.1) is 11.2 Å². The number of halogens is 1. The molecule has 15 heavy (non-hydrogen) atoms. The molecule has 0 saturated heterocycles. The first-order valence-corrected chi connectivity index (χ1v) is 5.04. The average Bonchev–Trinajstić information content (AvgIpc) is 2.44. The molecule has 0 aromatic carbocycles. The van der Waals surface area contributed by atoms with Gasteiger partial charge in [0.2, 0.25) is 0 Å². The molecule has 0 aliphatic carbocycles. The summed E-state index contributed by atoms with van der Waals surface area (Å²) in [5, 5.41) is 6.43. The summed E-state index contributed by atoms with van der Waals surface area (Å²) in [5.41, 5.74) is 2.00. The number of hydrogen-bond donors (Lipinski definition) is 2. The van der Waals surface area contributed by atoms with Crippen molar-refractivity contribution < 1.29 is 0 Å². The van der Waals surface area contributed by atoms with Crippen LogP contribution in [0, 0.1) is 0 Å². The molecule has 86 valence electrons. The molecule has 0 unspecified atom stereocenters. The number of aromatic amines is 1. The lowest BCUT2D eigenvalue weighted by Gasteiger charge is -2.19. The van der Waals surface area contributed by atoms with Crippen LogP contribution in [0.4, 0.5) is 0 Å². The molecule has 2 rings (SSSR count). The van der Waals surface area contributed by atoms with Crippen LogP contribution in [-0.4, -0.2) is 16.3 Å². The van der Waals surface area contributed by atoms with Crippen molar-refractivity contribution in [1.29, 1.82) is 0 Å². The Balaban J connectivity index is 0.00000112. The van der Waals surface area contributed by atoms with Crippen LogP contribution in [0.1, 0.15) is 32.0 Å². The van der Waals surface area contributed by atoms with Gasteiger partial charge in [0.25, 0.3) is 5.56 Å². The first-order valence-electron chi connectivity index (χ1n) is 5.04. The van der Waals surface area contributed by atoms with Crippen LogP contribution in [0.25, 0.3) is 0 Å². The minimum atomic E-state index is -0.158. The van der Waals surface area contributed by atoms with Crippen molar-refractivity contribution in [2.24, 2.45) is 0 Å². The third-order valence-electron chi connectivity index (χ3n) is 2.60. The van der Waals surface area contributed by atoms with Crippen molar-refractivity contribution in [3.8, 4) is 0 Å². The fraction of sp³-hybridized carbons (Fsp3) is 0.700. The van der Waals surface area contributed by atoms with Crippen molar-refractivity contribution in [2.75, 3.05) is 6.54 Å². The van der Waals surface area contributed by atoms with Gasteiger partial charge in [-0.2, -0.15) is 0 Å². The molecule has 0 spiro atoms. The van der Waals surface area contributed by atoms with Gasteiger partial charge < -0.3 is 5.32 Å². The van der Waals surface area contributed by atoms with Crippen molar-refractivity contribution in [3.63, 3.8) is 0 Å². The summed E-state index contributed by atoms with van der Waals surface area (Å²) in [6.07, 6.45) is 0.841. The molecular formula is C10H18ClN3O. The van der Waals surface area contributed by atoms with Gasteiger partial charge in [0.15, 0.2) is 0 Å². The lowest BCUT2D eigenvalue weighted by Crippen LogP contribution is -2.33. The van der Waals surface area contributed by atoms with Gasteiger partial charge in [-0.1, -0.05) is 0 Å². The normalized spacial score (nSPS) is 15.7. The number of hydrogen-bond acceptors (Lipinski definition) is 2. The summed E-state index contributed by atoms with van der Waals surface area (Å²) in [5.74, 6) is 0. The summed E-state index contributed by atoms with van der Waals surface area (Å²) in [4.78, 5) is 12.0. The number of fused-ring (bicyclic) bond motifs is 1. The smallest absolute Gasteiger partial charge is 0.270 e. The number of H-pyrrole nitrogens is 1. The van der Waals surface area contributed by atoms with Gasteiger partial charge >= 0.3 is 0 Å². The van der Waals surface area contributed by atoms with Gasteiger partial charge in [-0.25, -0.2) is 4.68 Å². The summed E-state index contributed by atoms with van der Waals surface area (Å²) >= 11 is 0. The minimum Gasteiger partial charge on any atom is -0.311 e. The van der Waals surface area contributed by atoms with E-state index in [1.165, 1.54) is 0 Å². The van der Waals surface area contributed by atoms with Crippen molar-refractivity contribution >= 4 is 12.4 Å². The highest BCUT2D eigenvalue weighted by molar-refractivity contribution is 5.85. The van der Waals surface area contributed by atoms with E-state index >= 15 is 0 Å². The van der Waals surface area contributed by atoms with Crippen LogP contribution in [-0.2, 0) is 18.5 Å². The third-order valence-corrected chi connectivity index (χ3v) is 2.60. The van der Waals surface area contributed by atoms with E-state index in [1.54, 1.807) is 4.68 Å². The van der Waals surface area contributed by atoms with Gasteiger partial charge in [-0.15, -0.1) is 12.4 Å². The minimum absolute atomic E-state index is 0. The molecule has 0 atom stereocenters. The first-order chi connectivity index (χ1) is 6.50. The van der Waals surface area contributed by atoms with Crippen LogP contribution in [0.5, 0.6) is 0 Å². The van der Waals surface area contributed by atoms with Crippen LogP contribution in [0.15, 0.2) is 4.79 Å². The summed E-state index contributed by atoms with van der Waals surface area (Å²) in [6, 6.07) is 0. The Morgan fingerprint density at radius 3 is 2.53 bits per heavy atom. The molecule has 2 N–H and O–H groups in total. The van der Waals surface area contributed by atoms with E-state index in [-0.39, 0.29) is 23.5 Å². The van der Waals surface area contributed by atoms with Gasteiger partial charge in [-0.05, 0) is 33.7 Å². The standard InChI is InChI=1S/C10H17N3O.ClH/c1-10(2,3)13-9(14)7-4-5-11-6-8(7)12-13;/h11-12H,4-6H2,1-3H3;1H. The number of nitrogens with one attached hydrogen (secondary N) is 2. The summed E-state index contributed by atoms with van der Waals surface area (Å²) < 4.78 is 1.73. The second-order valence-corrected chi connectivity index (χ2v) is 4.81. The highest BCUT2D eigenvalue weighted by Gasteiger charge is 2.23. The molecule has 0 saturated carbocycles. The highest BCUT2D eigenvalue weighted by atomic mass is 35.5. The van der Waals surface area contributed by atoms with E-state index in [2.05, 4.69) is 10.4 Å². The summed E-state index contributed by atoms with van der Waals surface area (Å²) in [6.45, 7) is 7.79. The SMILES string of the molecule is CC(C)(C)n1[nH]c2c(c1=O)CCNC2.Cl. The van der Waals surface area contributed by atoms with Gasteiger partial charge in [0.1, 0.15) is 0 Å². The predicted molar refractivity (Wildman–Crippen MR) is 62.7 cm³/mol. The zero-order chi connectivity index (χ0) is 10.3. The van der Waals surface area contributed by atoms with Gasteiger partial charge in [0, 0.05) is 12.1 Å². The molecule has 0 fully saturated rings. The Bertz CT molecular complexity index is 400. The highest BCUT2D eigenvalue weighted by Crippen LogP contribution is 2.13. The fourth-order valence-electron chi connectivity index (χ4n) is 1.82. The lowest BCUT2D eigenvalue weighted by molar-refractivity contribution is 0.343. The fourth-order valence-corrected chi connectivity index (χ4v) is 1.82. The van der Waals surface area contributed by atoms with Crippen LogP contribution < -0.4 is 10.9 Å². The Labute approximate surface area is 95.5 Å². The maximum absolute atomic E-state index is 12.0. The molecule has 0 bridgehead atoms. The zero-order valence-electron chi connectivity index (χ0n) is 9.39. The van der Waals surface area contributed by atoms with E-state index in [9.17, 15) is 4.79 Å². The molecule has 5 heteroatoms. The molecule has 1 aliphatic rings. The average molecular weight is 232 g/mol. The van der Waals surface area contributed by atoms with Crippen molar-refractivity contribution in [1.82, 2.24) is 15.1 Å². The largest absolute Gasteiger partial charge is 0.311 e. The van der Waals surface area contributed by atoms with E-state index in [0.29, 0.717) is 0 Å². The predicted octanol–water partition coefficient (Wildman–Crippen LogP) is 0.999. The molecular weight excluding hydrogens is 214 g/mol. The zero-order valence-corrected chi connectivity index (χ0v) is 10.2. The van der Waals surface area contributed by atoms with Crippen LogP contribution in [0.3, 0.4) is 0 Å². The first kappa shape index (κ1) is 12.3. The Hall–Kier alpha value is -0.740. The molecule has 0 amide bonds. The Kier molecular flexibility index (Phi) is 3.31. The van der Waals surface area contributed by atoms with Crippen LogP contribution >= 0.6 is 12.4 Å². The second-order valence-electron chi connectivity index (χ2n) is 4.81. The van der Waals surface area contributed by atoms with Gasteiger partial charge in [-0.3, -0.25) is 9.89 Å². The third kappa shape index (κ3) is 2.11. The number of rotatable bonds is 0. The number of aromatic nitrogens is 2. The maximum atomic E-state index is 12.0. The molecule has 1 aromatic heterocycles. The van der Waals surface area contributed by atoms with E-state index in [0.717, 1.165) is 30.8 Å². The Morgan fingerprint density at radius 1 is 1.33 bits per heavy atom. The Morgan fingerprint density at radius 2 is 2.00 bits per heavy atom. The number of nitrogens with zero attached hydrogens (tertiary/aromatic N) is 1. The topological polar surface area (TPSA) is 49.8 Å². The van der Waals surface area contributed by atoms with Crippen molar-refractivity contribution in [3.05, 3.63) is 21.6 Å². The van der Waals surface area contributed by atoms with Crippen LogP contribution in [0.2, 0.25) is 0 Å². The van der Waals surface area contributed by atoms with E-state index < -0.39 is 0 Å². The van der Waals surface area contributed by atoms with E-state index in [4.69, 9.17) is 0 Å².